The summed E-state index contributed by atoms with van der Waals surface area (Å²) in [5.74, 6) is 2.18. The molecule has 0 atom stereocenters. The molecule has 0 aliphatic carbocycles. The van der Waals surface area contributed by atoms with Gasteiger partial charge in [-0.15, -0.1) is 0 Å². The number of rotatable bonds is 8. The molecule has 1 aromatic carbocycles. The molecule has 9 nitrogen and oxygen atoms in total. The first-order chi connectivity index (χ1) is 15.5. The Morgan fingerprint density at radius 3 is 2.53 bits per heavy atom. The van der Waals surface area contributed by atoms with Gasteiger partial charge in [0.1, 0.15) is 5.75 Å². The second kappa shape index (κ2) is 11.5. The van der Waals surface area contributed by atoms with Crippen molar-refractivity contribution in [2.75, 3.05) is 39.9 Å². The lowest BCUT2D eigenvalue weighted by atomic mass is 10.2. The number of amides is 2. The summed E-state index contributed by atoms with van der Waals surface area (Å²) < 4.78 is 15.8. The van der Waals surface area contributed by atoms with Crippen molar-refractivity contribution in [2.24, 2.45) is 5.92 Å². The normalized spacial score (nSPS) is 14.4. The van der Waals surface area contributed by atoms with Crippen LogP contribution in [0.4, 0.5) is 4.79 Å². The minimum absolute atomic E-state index is 0.0808. The first-order valence-corrected chi connectivity index (χ1v) is 11.1. The van der Waals surface area contributed by atoms with Crippen molar-refractivity contribution in [3.05, 3.63) is 30.2 Å². The highest BCUT2D eigenvalue weighted by atomic mass is 16.6. The van der Waals surface area contributed by atoms with E-state index in [2.05, 4.69) is 10.1 Å². The fourth-order valence-corrected chi connectivity index (χ4v) is 3.44. The molecule has 174 valence electrons. The summed E-state index contributed by atoms with van der Waals surface area (Å²) in [5.41, 5.74) is 0.845. The molecule has 9 heteroatoms. The minimum Gasteiger partial charge on any atom is -0.497 e. The molecular weight excluding hydrogens is 412 g/mol. The Morgan fingerprint density at radius 1 is 1.09 bits per heavy atom. The molecule has 0 spiro atoms. The summed E-state index contributed by atoms with van der Waals surface area (Å²) in [5, 5.41) is 4.02. The Labute approximate surface area is 188 Å². The number of aromatic nitrogens is 2. The van der Waals surface area contributed by atoms with Gasteiger partial charge < -0.3 is 23.8 Å². The van der Waals surface area contributed by atoms with Crippen molar-refractivity contribution in [3.63, 3.8) is 0 Å². The van der Waals surface area contributed by atoms with Crippen LogP contribution in [0, 0.1) is 5.92 Å². The molecule has 3 rings (SSSR count). The van der Waals surface area contributed by atoms with E-state index in [4.69, 9.17) is 14.0 Å². The molecule has 1 saturated heterocycles. The van der Waals surface area contributed by atoms with Gasteiger partial charge >= 0.3 is 6.09 Å². The van der Waals surface area contributed by atoms with E-state index in [0.717, 1.165) is 17.7 Å². The van der Waals surface area contributed by atoms with Crippen LogP contribution in [0.5, 0.6) is 5.75 Å². The zero-order valence-electron chi connectivity index (χ0n) is 19.1. The molecule has 1 aliphatic rings. The number of benzene rings is 1. The van der Waals surface area contributed by atoms with Crippen LogP contribution >= 0.6 is 0 Å². The van der Waals surface area contributed by atoms with Crippen LogP contribution in [-0.2, 0) is 16.0 Å². The van der Waals surface area contributed by atoms with Gasteiger partial charge in [0.2, 0.25) is 17.6 Å². The van der Waals surface area contributed by atoms with Crippen molar-refractivity contribution in [2.45, 2.75) is 39.5 Å². The van der Waals surface area contributed by atoms with Crippen molar-refractivity contribution in [3.8, 4) is 17.1 Å². The third-order valence-corrected chi connectivity index (χ3v) is 5.24. The van der Waals surface area contributed by atoms with Crippen LogP contribution in [0.15, 0.2) is 28.8 Å². The Bertz CT molecular complexity index is 881. The number of ether oxygens (including phenoxy) is 2. The van der Waals surface area contributed by atoms with E-state index in [0.29, 0.717) is 69.7 Å². The summed E-state index contributed by atoms with van der Waals surface area (Å²) in [7, 11) is 1.62. The van der Waals surface area contributed by atoms with E-state index in [1.165, 1.54) is 0 Å². The Morgan fingerprint density at radius 2 is 1.81 bits per heavy atom. The number of nitrogens with zero attached hydrogens (tertiary/aromatic N) is 4. The predicted octanol–water partition coefficient (Wildman–Crippen LogP) is 3.39. The number of carbonyl (C=O) groups is 2. The Hall–Kier alpha value is -3.10. The van der Waals surface area contributed by atoms with Crippen LogP contribution in [0.2, 0.25) is 0 Å². The number of methoxy groups -OCH3 is 1. The van der Waals surface area contributed by atoms with Crippen LogP contribution in [0.1, 0.15) is 39.0 Å². The zero-order valence-corrected chi connectivity index (χ0v) is 19.1. The summed E-state index contributed by atoms with van der Waals surface area (Å²) >= 11 is 0. The molecule has 1 aliphatic heterocycles. The van der Waals surface area contributed by atoms with Gasteiger partial charge in [-0.05, 0) is 43.0 Å². The van der Waals surface area contributed by atoms with E-state index < -0.39 is 0 Å². The molecule has 1 fully saturated rings. The highest BCUT2D eigenvalue weighted by Crippen LogP contribution is 2.20. The number of hydrogen-bond acceptors (Lipinski definition) is 7. The molecule has 0 bridgehead atoms. The molecule has 2 heterocycles. The van der Waals surface area contributed by atoms with Crippen molar-refractivity contribution in [1.29, 1.82) is 0 Å². The lowest BCUT2D eigenvalue weighted by molar-refractivity contribution is -0.131. The highest BCUT2D eigenvalue weighted by Gasteiger charge is 2.23. The fourth-order valence-electron chi connectivity index (χ4n) is 3.44. The average molecular weight is 445 g/mol. The van der Waals surface area contributed by atoms with Crippen LogP contribution in [0.3, 0.4) is 0 Å². The molecule has 1 aromatic heterocycles. The summed E-state index contributed by atoms with van der Waals surface area (Å²) in [4.78, 5) is 32.7. The smallest absolute Gasteiger partial charge is 0.409 e. The lowest BCUT2D eigenvalue weighted by Crippen LogP contribution is -2.37. The number of aryl methyl sites for hydroxylation is 1. The van der Waals surface area contributed by atoms with Gasteiger partial charge in [-0.25, -0.2) is 4.79 Å². The zero-order chi connectivity index (χ0) is 22.9. The van der Waals surface area contributed by atoms with E-state index in [1.807, 2.05) is 43.0 Å². The third-order valence-electron chi connectivity index (χ3n) is 5.24. The first kappa shape index (κ1) is 23.6. The van der Waals surface area contributed by atoms with Crippen molar-refractivity contribution < 1.29 is 23.6 Å². The molecule has 0 radical (unpaired) electrons. The maximum Gasteiger partial charge on any atom is 0.409 e. The van der Waals surface area contributed by atoms with Gasteiger partial charge in [-0.3, -0.25) is 4.79 Å². The quantitative estimate of drug-likeness (QED) is 0.615. The van der Waals surface area contributed by atoms with Gasteiger partial charge in [0.25, 0.3) is 0 Å². The van der Waals surface area contributed by atoms with Gasteiger partial charge in [0.05, 0.1) is 13.7 Å². The van der Waals surface area contributed by atoms with Crippen LogP contribution in [-0.4, -0.2) is 71.8 Å². The van der Waals surface area contributed by atoms with Crippen LogP contribution < -0.4 is 4.74 Å². The molecule has 0 unspecified atom stereocenters. The second-order valence-electron chi connectivity index (χ2n) is 8.29. The third kappa shape index (κ3) is 6.70. The maximum absolute atomic E-state index is 12.6. The molecule has 32 heavy (non-hydrogen) atoms. The minimum atomic E-state index is -0.294. The number of carbonyl (C=O) groups excluding carboxylic acids is 2. The summed E-state index contributed by atoms with van der Waals surface area (Å²) in [6, 6.07) is 7.43. The van der Waals surface area contributed by atoms with E-state index in [9.17, 15) is 9.59 Å². The summed E-state index contributed by atoms with van der Waals surface area (Å²) in [6.07, 6.45) is 2.02. The molecule has 0 saturated carbocycles. The predicted molar refractivity (Wildman–Crippen MR) is 118 cm³/mol. The molecule has 0 N–H and O–H groups in total. The second-order valence-corrected chi connectivity index (χ2v) is 8.29. The number of hydrogen-bond donors (Lipinski definition) is 0. The van der Waals surface area contributed by atoms with Gasteiger partial charge in [-0.2, -0.15) is 4.98 Å². The van der Waals surface area contributed by atoms with Gasteiger partial charge in [-0.1, -0.05) is 19.0 Å². The van der Waals surface area contributed by atoms with E-state index in [1.54, 1.807) is 12.0 Å². The molecular formula is C23H32N4O5. The lowest BCUT2D eigenvalue weighted by Gasteiger charge is -2.22. The average Bonchev–Trinajstić information content (AvgIpc) is 3.12. The molecule has 2 aromatic rings. The highest BCUT2D eigenvalue weighted by molar-refractivity contribution is 5.76. The van der Waals surface area contributed by atoms with E-state index >= 15 is 0 Å². The fraction of sp³-hybridized carbons (Fsp3) is 0.565. The van der Waals surface area contributed by atoms with Crippen molar-refractivity contribution in [1.82, 2.24) is 19.9 Å². The summed E-state index contributed by atoms with van der Waals surface area (Å²) in [6.45, 7) is 6.70. The molecule has 2 amide bonds. The largest absolute Gasteiger partial charge is 0.497 e. The SMILES string of the molecule is COc1ccc(-c2noc(CCCC(=O)N3CCCN(C(=O)OCC(C)C)CC3)n2)cc1. The Kier molecular flexibility index (Phi) is 8.47. The van der Waals surface area contributed by atoms with Crippen LogP contribution in [0.25, 0.3) is 11.4 Å². The van der Waals surface area contributed by atoms with Gasteiger partial charge in [0, 0.05) is 44.6 Å². The standard InChI is InChI=1S/C23H32N4O5/c1-17(2)16-31-23(29)27-13-5-12-26(14-15-27)21(28)7-4-6-20-24-22(25-32-20)18-8-10-19(30-3)11-9-18/h8-11,17H,4-7,12-16H2,1-3H3. The van der Waals surface area contributed by atoms with Gasteiger partial charge in [0.15, 0.2) is 0 Å². The Balaban J connectivity index is 1.42. The topological polar surface area (TPSA) is 98.0 Å². The van der Waals surface area contributed by atoms with E-state index in [-0.39, 0.29) is 12.0 Å². The monoisotopic (exact) mass is 444 g/mol. The first-order valence-electron chi connectivity index (χ1n) is 11.1. The maximum atomic E-state index is 12.6. The van der Waals surface area contributed by atoms with Crippen molar-refractivity contribution >= 4 is 12.0 Å².